The molecule has 0 aliphatic heterocycles. The Morgan fingerprint density at radius 1 is 0.897 bits per heavy atom. The molecule has 10 heteroatoms. The van der Waals surface area contributed by atoms with Gasteiger partial charge in [-0.1, -0.05) is 12.1 Å². The van der Waals surface area contributed by atoms with Gasteiger partial charge in [-0.15, -0.1) is 0 Å². The first-order valence-electron chi connectivity index (χ1n) is 8.98. The molecule has 0 heterocycles. The van der Waals surface area contributed by atoms with Gasteiger partial charge < -0.3 is 18.5 Å². The predicted octanol–water partition coefficient (Wildman–Crippen LogP) is 4.27. The zero-order valence-corrected chi connectivity index (χ0v) is 18.6. The van der Waals surface area contributed by atoms with Crippen LogP contribution in [-0.4, -0.2) is 35.9 Å². The summed E-state index contributed by atoms with van der Waals surface area (Å²) in [5.41, 5.74) is 1.08. The van der Waals surface area contributed by atoms with Crippen molar-refractivity contribution in [2.45, 2.75) is 24.9 Å². The second kappa shape index (κ2) is 10.1. The molecule has 0 aliphatic carbocycles. The summed E-state index contributed by atoms with van der Waals surface area (Å²) in [6.07, 6.45) is 0.109. The molecule has 29 heavy (non-hydrogen) atoms. The number of hydrogen-bond acceptors (Lipinski definition) is 7. The van der Waals surface area contributed by atoms with E-state index in [2.05, 4.69) is 4.72 Å². The predicted molar refractivity (Wildman–Crippen MR) is 111 cm³/mol. The zero-order valence-electron chi connectivity index (χ0n) is 16.9. The number of benzene rings is 2. The third-order valence-electron chi connectivity index (χ3n) is 3.90. The van der Waals surface area contributed by atoms with E-state index in [1.54, 1.807) is 38.1 Å². The molecule has 2 rings (SSSR count). The third kappa shape index (κ3) is 6.21. The lowest BCUT2D eigenvalue weighted by atomic mass is 10.2. The van der Waals surface area contributed by atoms with Gasteiger partial charge in [-0.05, 0) is 43.7 Å². The summed E-state index contributed by atoms with van der Waals surface area (Å²) >= 11 is 0. The Bertz CT molecular complexity index is 951. The van der Waals surface area contributed by atoms with E-state index < -0.39 is 17.6 Å². The normalized spacial score (nSPS) is 11.9. The van der Waals surface area contributed by atoms with Gasteiger partial charge in [0.05, 0.1) is 38.5 Å². The van der Waals surface area contributed by atoms with Crippen LogP contribution in [0.5, 0.6) is 11.5 Å². The van der Waals surface area contributed by atoms with Crippen molar-refractivity contribution in [1.29, 1.82) is 0 Å². The number of anilines is 1. The summed E-state index contributed by atoms with van der Waals surface area (Å²) in [4.78, 5) is 0.0384. The minimum atomic E-state index is -3.83. The van der Waals surface area contributed by atoms with E-state index in [0.29, 0.717) is 22.7 Å². The zero-order chi connectivity index (χ0) is 21.5. The maximum atomic E-state index is 12.7. The smallest absolute Gasteiger partial charge is 0.335 e. The lowest BCUT2D eigenvalue weighted by Gasteiger charge is -2.17. The summed E-state index contributed by atoms with van der Waals surface area (Å²) in [6, 6.07) is 10.9. The van der Waals surface area contributed by atoms with Crippen molar-refractivity contribution in [3.8, 4) is 11.5 Å². The minimum Gasteiger partial charge on any atom is -0.493 e. The number of hydrogen-bond donors (Lipinski definition) is 1. The second-order valence-electron chi connectivity index (χ2n) is 5.92. The van der Waals surface area contributed by atoms with Gasteiger partial charge in [0.25, 0.3) is 10.0 Å². The Morgan fingerprint density at radius 3 is 2.00 bits per heavy atom. The molecule has 1 N–H and O–H groups in total. The quantitative estimate of drug-likeness (QED) is 0.518. The third-order valence-corrected chi connectivity index (χ3v) is 7.33. The van der Waals surface area contributed by atoms with Crippen molar-refractivity contribution >= 4 is 23.3 Å². The number of rotatable bonds is 11. The van der Waals surface area contributed by atoms with Gasteiger partial charge in [0.2, 0.25) is 0 Å². The summed E-state index contributed by atoms with van der Waals surface area (Å²) < 4.78 is 61.3. The van der Waals surface area contributed by atoms with E-state index in [1.165, 1.54) is 32.4 Å². The molecule has 2 aromatic rings. The summed E-state index contributed by atoms with van der Waals surface area (Å²) in [5.74, 6) is 0.747. The highest BCUT2D eigenvalue weighted by Crippen LogP contribution is 2.51. The molecule has 0 amide bonds. The Balaban J connectivity index is 2.17. The van der Waals surface area contributed by atoms with Crippen LogP contribution < -0.4 is 14.2 Å². The highest BCUT2D eigenvalue weighted by molar-refractivity contribution is 7.92. The fourth-order valence-electron chi connectivity index (χ4n) is 2.62. The average Bonchev–Trinajstić information content (AvgIpc) is 2.69. The Hall–Kier alpha value is -2.06. The molecule has 0 fully saturated rings. The average molecular weight is 443 g/mol. The molecule has 0 bridgehead atoms. The summed E-state index contributed by atoms with van der Waals surface area (Å²) in [5, 5.41) is 0. The molecule has 0 aromatic heterocycles. The van der Waals surface area contributed by atoms with Crippen LogP contribution in [0.4, 0.5) is 5.69 Å². The first-order valence-corrected chi connectivity index (χ1v) is 12.2. The lowest BCUT2D eigenvalue weighted by Crippen LogP contribution is -2.13. The maximum Gasteiger partial charge on any atom is 0.335 e. The Labute approximate surface area is 171 Å². The molecule has 160 valence electrons. The fraction of sp³-hybridized carbons (Fsp3) is 0.368. The van der Waals surface area contributed by atoms with E-state index in [4.69, 9.17) is 18.5 Å². The highest BCUT2D eigenvalue weighted by atomic mass is 32.2. The largest absolute Gasteiger partial charge is 0.493 e. The molecule has 0 radical (unpaired) electrons. The number of nitrogens with one attached hydrogen (secondary N) is 1. The van der Waals surface area contributed by atoms with E-state index in [1.807, 2.05) is 0 Å². The van der Waals surface area contributed by atoms with E-state index in [9.17, 15) is 13.0 Å². The van der Waals surface area contributed by atoms with Gasteiger partial charge in [-0.25, -0.2) is 8.42 Å². The van der Waals surface area contributed by atoms with Crippen LogP contribution in [0.1, 0.15) is 19.4 Å². The molecule has 0 saturated carbocycles. The summed E-state index contributed by atoms with van der Waals surface area (Å²) in [6.45, 7) is 4.05. The molecule has 8 nitrogen and oxygen atoms in total. The molecule has 2 aromatic carbocycles. The first-order chi connectivity index (χ1) is 13.8. The minimum absolute atomic E-state index is 0.0384. The SMILES string of the molecule is CCOP(=O)(Cc1ccc(NS(=O)(=O)c2ccc(OC)c(OC)c2)cc1)OCC. The van der Waals surface area contributed by atoms with Crippen molar-refractivity contribution in [2.75, 3.05) is 32.2 Å². The van der Waals surface area contributed by atoms with Gasteiger partial charge in [0.15, 0.2) is 11.5 Å². The molecular weight excluding hydrogens is 417 g/mol. The monoisotopic (exact) mass is 443 g/mol. The Morgan fingerprint density at radius 2 is 1.48 bits per heavy atom. The van der Waals surface area contributed by atoms with Crippen LogP contribution in [0.25, 0.3) is 0 Å². The first kappa shape index (κ1) is 23.2. The second-order valence-corrected chi connectivity index (χ2v) is 9.66. The molecule has 0 unspecified atom stereocenters. The topological polar surface area (TPSA) is 100 Å². The Kier molecular flexibility index (Phi) is 8.10. The van der Waals surface area contributed by atoms with Crippen molar-refractivity contribution in [3.05, 3.63) is 48.0 Å². The van der Waals surface area contributed by atoms with Gasteiger partial charge in [-0.3, -0.25) is 9.29 Å². The van der Waals surface area contributed by atoms with Crippen molar-refractivity contribution < 1.29 is 31.5 Å². The standard InChI is InChI=1S/C19H26NO7PS/c1-5-26-28(21,27-6-2)14-15-7-9-16(10-8-15)20-29(22,23)17-11-12-18(24-3)19(13-17)25-4/h7-13,20H,5-6,14H2,1-4H3. The van der Waals surface area contributed by atoms with Crippen LogP contribution >= 0.6 is 7.60 Å². The molecule has 0 spiro atoms. The van der Waals surface area contributed by atoms with Crippen LogP contribution in [0, 0.1) is 0 Å². The lowest BCUT2D eigenvalue weighted by molar-refractivity contribution is 0.219. The van der Waals surface area contributed by atoms with E-state index >= 15 is 0 Å². The van der Waals surface area contributed by atoms with Crippen molar-refractivity contribution in [1.82, 2.24) is 0 Å². The molecule has 0 atom stereocenters. The van der Waals surface area contributed by atoms with Gasteiger partial charge in [0, 0.05) is 11.8 Å². The van der Waals surface area contributed by atoms with Crippen molar-refractivity contribution in [3.63, 3.8) is 0 Å². The van der Waals surface area contributed by atoms with Gasteiger partial charge in [0.1, 0.15) is 0 Å². The number of sulfonamides is 1. The summed E-state index contributed by atoms with van der Waals surface area (Å²) in [7, 11) is -4.14. The fourth-order valence-corrected chi connectivity index (χ4v) is 5.40. The number of ether oxygens (including phenoxy) is 2. The van der Waals surface area contributed by atoms with Crippen LogP contribution in [0.3, 0.4) is 0 Å². The number of methoxy groups -OCH3 is 2. The van der Waals surface area contributed by atoms with Crippen LogP contribution in [0.2, 0.25) is 0 Å². The molecule has 0 saturated heterocycles. The van der Waals surface area contributed by atoms with E-state index in [0.717, 1.165) is 0 Å². The molecule has 0 aliphatic rings. The van der Waals surface area contributed by atoms with Gasteiger partial charge in [-0.2, -0.15) is 0 Å². The van der Waals surface area contributed by atoms with Crippen molar-refractivity contribution in [2.24, 2.45) is 0 Å². The highest BCUT2D eigenvalue weighted by Gasteiger charge is 2.24. The maximum absolute atomic E-state index is 12.7. The van der Waals surface area contributed by atoms with Crippen LogP contribution in [0.15, 0.2) is 47.4 Å². The molecular formula is C19H26NO7PS. The van der Waals surface area contributed by atoms with Gasteiger partial charge >= 0.3 is 7.60 Å². The van der Waals surface area contributed by atoms with E-state index in [-0.39, 0.29) is 24.3 Å². The van der Waals surface area contributed by atoms with Crippen LogP contribution in [-0.2, 0) is 29.8 Å².